The maximum Gasteiger partial charge on any atom is 0.414 e. The Kier molecular flexibility index (Phi) is 3.69. The van der Waals surface area contributed by atoms with Gasteiger partial charge in [0.25, 0.3) is 0 Å². The van der Waals surface area contributed by atoms with Gasteiger partial charge in [0.1, 0.15) is 11.4 Å². The second kappa shape index (κ2) is 5.11. The number of anilines is 1. The van der Waals surface area contributed by atoms with Crippen molar-refractivity contribution in [1.82, 2.24) is 0 Å². The zero-order valence-corrected chi connectivity index (χ0v) is 12.0. The van der Waals surface area contributed by atoms with Gasteiger partial charge in [0.15, 0.2) is 0 Å². The van der Waals surface area contributed by atoms with Crippen molar-refractivity contribution in [2.24, 2.45) is 0 Å². The van der Waals surface area contributed by atoms with Gasteiger partial charge in [0, 0.05) is 6.54 Å². The summed E-state index contributed by atoms with van der Waals surface area (Å²) in [6.07, 6.45) is 1.63. The summed E-state index contributed by atoms with van der Waals surface area (Å²) < 4.78 is 10.7. The van der Waals surface area contributed by atoms with E-state index in [0.717, 1.165) is 29.8 Å². The van der Waals surface area contributed by atoms with Crippen LogP contribution in [0, 0.1) is 0 Å². The number of rotatable bonds is 1. The Balaban J connectivity index is 2.25. The minimum atomic E-state index is -0.471. The van der Waals surface area contributed by atoms with E-state index < -0.39 is 5.60 Å². The molecule has 0 N–H and O–H groups in total. The van der Waals surface area contributed by atoms with Crippen LogP contribution in [0.15, 0.2) is 18.2 Å². The number of carbonyl (C=O) groups is 1. The summed E-state index contributed by atoms with van der Waals surface area (Å²) >= 11 is 0. The second-order valence-corrected chi connectivity index (χ2v) is 5.73. The third kappa shape index (κ3) is 3.19. The predicted molar refractivity (Wildman–Crippen MR) is 74.9 cm³/mol. The van der Waals surface area contributed by atoms with E-state index in [4.69, 9.17) is 9.47 Å². The fourth-order valence-corrected chi connectivity index (χ4v) is 2.21. The summed E-state index contributed by atoms with van der Waals surface area (Å²) in [5.41, 5.74) is 1.60. The number of methoxy groups -OCH3 is 1. The molecule has 0 saturated heterocycles. The van der Waals surface area contributed by atoms with Gasteiger partial charge >= 0.3 is 6.09 Å². The highest BCUT2D eigenvalue weighted by Gasteiger charge is 2.27. The molecule has 1 aromatic carbocycles. The summed E-state index contributed by atoms with van der Waals surface area (Å²) in [4.78, 5) is 13.9. The van der Waals surface area contributed by atoms with Gasteiger partial charge in [-0.1, -0.05) is 0 Å². The monoisotopic (exact) mass is 263 g/mol. The van der Waals surface area contributed by atoms with Crippen LogP contribution in [0.2, 0.25) is 0 Å². The molecule has 19 heavy (non-hydrogen) atoms. The maximum atomic E-state index is 12.2. The average Bonchev–Trinajstić information content (AvgIpc) is 2.35. The topological polar surface area (TPSA) is 38.8 Å². The number of aryl methyl sites for hydroxylation is 1. The third-order valence-electron chi connectivity index (χ3n) is 3.02. The highest BCUT2D eigenvalue weighted by Crippen LogP contribution is 2.31. The maximum absolute atomic E-state index is 12.2. The van der Waals surface area contributed by atoms with E-state index in [2.05, 4.69) is 0 Å². The first-order valence-corrected chi connectivity index (χ1v) is 6.58. The molecule has 0 atom stereocenters. The average molecular weight is 263 g/mol. The molecular weight excluding hydrogens is 242 g/mol. The molecule has 0 bridgehead atoms. The highest BCUT2D eigenvalue weighted by atomic mass is 16.6. The number of hydrogen-bond donors (Lipinski definition) is 0. The molecule has 2 rings (SSSR count). The Morgan fingerprint density at radius 2 is 2.05 bits per heavy atom. The van der Waals surface area contributed by atoms with Crippen LogP contribution in [-0.4, -0.2) is 25.3 Å². The van der Waals surface area contributed by atoms with Crippen molar-refractivity contribution in [3.63, 3.8) is 0 Å². The first-order chi connectivity index (χ1) is 8.90. The SMILES string of the molecule is COc1ccc2c(c1)CCCN2C(=O)OC(C)(C)C. The standard InChI is InChI=1S/C15H21NO3/c1-15(2,3)19-14(17)16-9-5-6-11-10-12(18-4)7-8-13(11)16/h7-8,10H,5-6,9H2,1-4H3. The lowest BCUT2D eigenvalue weighted by atomic mass is 10.0. The van der Waals surface area contributed by atoms with Crippen molar-refractivity contribution in [3.8, 4) is 5.75 Å². The molecule has 0 aliphatic carbocycles. The lowest BCUT2D eigenvalue weighted by Crippen LogP contribution is -2.39. The number of benzene rings is 1. The molecule has 1 aromatic rings. The van der Waals surface area contributed by atoms with E-state index in [9.17, 15) is 4.79 Å². The van der Waals surface area contributed by atoms with Crippen LogP contribution in [0.1, 0.15) is 32.8 Å². The molecular formula is C15H21NO3. The highest BCUT2D eigenvalue weighted by molar-refractivity contribution is 5.89. The fraction of sp³-hybridized carbons (Fsp3) is 0.533. The van der Waals surface area contributed by atoms with E-state index in [1.165, 1.54) is 0 Å². The molecule has 0 spiro atoms. The summed E-state index contributed by atoms with van der Waals surface area (Å²) in [6, 6.07) is 5.80. The molecule has 0 aromatic heterocycles. The van der Waals surface area contributed by atoms with Crippen LogP contribution in [0.4, 0.5) is 10.5 Å². The molecule has 1 amide bonds. The first kappa shape index (κ1) is 13.7. The van der Waals surface area contributed by atoms with Crippen molar-refractivity contribution in [2.45, 2.75) is 39.2 Å². The van der Waals surface area contributed by atoms with Crippen LogP contribution in [0.25, 0.3) is 0 Å². The van der Waals surface area contributed by atoms with Crippen LogP contribution in [0.5, 0.6) is 5.75 Å². The Bertz CT molecular complexity index is 477. The molecule has 0 unspecified atom stereocenters. The third-order valence-corrected chi connectivity index (χ3v) is 3.02. The lowest BCUT2D eigenvalue weighted by Gasteiger charge is -2.31. The summed E-state index contributed by atoms with van der Waals surface area (Å²) in [7, 11) is 1.65. The van der Waals surface area contributed by atoms with Gasteiger partial charge in [-0.3, -0.25) is 4.90 Å². The minimum absolute atomic E-state index is 0.279. The molecule has 0 saturated carbocycles. The van der Waals surface area contributed by atoms with Crippen LogP contribution >= 0.6 is 0 Å². The van der Waals surface area contributed by atoms with Gasteiger partial charge in [0.05, 0.1) is 12.8 Å². The van der Waals surface area contributed by atoms with Crippen molar-refractivity contribution in [1.29, 1.82) is 0 Å². The Labute approximate surface area is 114 Å². The van der Waals surface area contributed by atoms with Gasteiger partial charge in [-0.2, -0.15) is 0 Å². The summed E-state index contributed by atoms with van der Waals surface area (Å²) in [5, 5.41) is 0. The lowest BCUT2D eigenvalue weighted by molar-refractivity contribution is 0.0578. The normalized spacial score (nSPS) is 14.8. The number of carbonyl (C=O) groups excluding carboxylic acids is 1. The zero-order valence-electron chi connectivity index (χ0n) is 12.0. The van der Waals surface area contributed by atoms with E-state index in [1.54, 1.807) is 12.0 Å². The Morgan fingerprint density at radius 1 is 1.32 bits per heavy atom. The van der Waals surface area contributed by atoms with Crippen molar-refractivity contribution in [3.05, 3.63) is 23.8 Å². The van der Waals surface area contributed by atoms with E-state index >= 15 is 0 Å². The number of ether oxygens (including phenoxy) is 2. The summed E-state index contributed by atoms with van der Waals surface area (Å²) in [6.45, 7) is 6.34. The van der Waals surface area contributed by atoms with Gasteiger partial charge in [-0.15, -0.1) is 0 Å². The Morgan fingerprint density at radius 3 is 2.68 bits per heavy atom. The van der Waals surface area contributed by atoms with E-state index in [1.807, 2.05) is 39.0 Å². The van der Waals surface area contributed by atoms with E-state index in [-0.39, 0.29) is 6.09 Å². The smallest absolute Gasteiger partial charge is 0.414 e. The summed E-state index contributed by atoms with van der Waals surface area (Å²) in [5.74, 6) is 0.824. The van der Waals surface area contributed by atoms with Gasteiger partial charge in [-0.25, -0.2) is 4.79 Å². The van der Waals surface area contributed by atoms with E-state index in [0.29, 0.717) is 6.54 Å². The molecule has 1 heterocycles. The largest absolute Gasteiger partial charge is 0.497 e. The van der Waals surface area contributed by atoms with Crippen molar-refractivity contribution >= 4 is 11.8 Å². The molecule has 1 aliphatic rings. The molecule has 1 aliphatic heterocycles. The van der Waals surface area contributed by atoms with Gasteiger partial charge in [0.2, 0.25) is 0 Å². The molecule has 0 fully saturated rings. The Hall–Kier alpha value is -1.71. The molecule has 0 radical (unpaired) electrons. The quantitative estimate of drug-likeness (QED) is 0.779. The van der Waals surface area contributed by atoms with Crippen LogP contribution < -0.4 is 9.64 Å². The fourth-order valence-electron chi connectivity index (χ4n) is 2.21. The molecule has 4 nitrogen and oxygen atoms in total. The van der Waals surface area contributed by atoms with Crippen LogP contribution in [0.3, 0.4) is 0 Å². The minimum Gasteiger partial charge on any atom is -0.497 e. The van der Waals surface area contributed by atoms with Crippen molar-refractivity contribution in [2.75, 3.05) is 18.6 Å². The molecule has 104 valence electrons. The number of fused-ring (bicyclic) bond motifs is 1. The number of amides is 1. The number of nitrogens with zero attached hydrogens (tertiary/aromatic N) is 1. The predicted octanol–water partition coefficient (Wildman–Crippen LogP) is 3.38. The molecule has 4 heteroatoms. The van der Waals surface area contributed by atoms with Crippen molar-refractivity contribution < 1.29 is 14.3 Å². The van der Waals surface area contributed by atoms with Gasteiger partial charge < -0.3 is 9.47 Å². The zero-order chi connectivity index (χ0) is 14.0. The first-order valence-electron chi connectivity index (χ1n) is 6.58. The van der Waals surface area contributed by atoms with Gasteiger partial charge in [-0.05, 0) is 57.4 Å². The second-order valence-electron chi connectivity index (χ2n) is 5.73. The van der Waals surface area contributed by atoms with Crippen LogP contribution in [-0.2, 0) is 11.2 Å². The number of hydrogen-bond acceptors (Lipinski definition) is 3.